The molecule has 1 heterocycles. The zero-order valence-corrected chi connectivity index (χ0v) is 11.0. The maximum absolute atomic E-state index is 12.2. The number of hydrogen-bond acceptors (Lipinski definition) is 2. The number of nitrogens with zero attached hydrogens (tertiary/aromatic N) is 1. The summed E-state index contributed by atoms with van der Waals surface area (Å²) >= 11 is 5.19. The van der Waals surface area contributed by atoms with Crippen LogP contribution >= 0.6 is 11.6 Å². The minimum atomic E-state index is -4.47. The van der Waals surface area contributed by atoms with Crippen molar-refractivity contribution in [2.75, 3.05) is 6.54 Å². The topological polar surface area (TPSA) is 37.4 Å². The fourth-order valence-electron chi connectivity index (χ4n) is 2.03. The van der Waals surface area contributed by atoms with E-state index in [9.17, 15) is 22.8 Å². The predicted molar refractivity (Wildman–Crippen MR) is 66.7 cm³/mol. The highest BCUT2D eigenvalue weighted by molar-refractivity contribution is 6.21. The molecule has 7 heteroatoms. The van der Waals surface area contributed by atoms with Crippen LogP contribution in [0.1, 0.15) is 33.6 Å². The number of rotatable bonds is 4. The maximum atomic E-state index is 12.2. The lowest BCUT2D eigenvalue weighted by Crippen LogP contribution is -2.32. The van der Waals surface area contributed by atoms with Gasteiger partial charge in [-0.1, -0.05) is 12.1 Å². The molecule has 0 spiro atoms. The summed E-state index contributed by atoms with van der Waals surface area (Å²) in [5.41, 5.74) is 0.575. The van der Waals surface area contributed by atoms with Crippen LogP contribution < -0.4 is 0 Å². The molecule has 0 saturated carbocycles. The minimum Gasteiger partial charge on any atom is -0.274 e. The number of halogens is 4. The molecule has 3 nitrogen and oxygen atoms in total. The van der Waals surface area contributed by atoms with Crippen LogP contribution in [-0.2, 0) is 0 Å². The summed E-state index contributed by atoms with van der Waals surface area (Å²) in [5, 5.41) is -1.96. The van der Waals surface area contributed by atoms with E-state index in [1.54, 1.807) is 12.1 Å². The molecule has 2 amide bonds. The second kappa shape index (κ2) is 5.44. The Balaban J connectivity index is 1.96. The van der Waals surface area contributed by atoms with E-state index in [4.69, 9.17) is 11.6 Å². The molecule has 0 N–H and O–H groups in total. The first-order valence-corrected chi connectivity index (χ1v) is 6.42. The summed E-state index contributed by atoms with van der Waals surface area (Å²) in [6.45, 7) is -0.0638. The second-order valence-corrected chi connectivity index (χ2v) is 4.99. The summed E-state index contributed by atoms with van der Waals surface area (Å²) in [6.07, 6.45) is -4.79. The maximum Gasteiger partial charge on any atom is 0.404 e. The first kappa shape index (κ1) is 14.8. The van der Waals surface area contributed by atoms with Gasteiger partial charge in [0.15, 0.2) is 0 Å². The molecule has 0 aliphatic carbocycles. The fraction of sp³-hybridized carbons (Fsp3) is 0.385. The summed E-state index contributed by atoms with van der Waals surface area (Å²) in [7, 11) is 0. The molecule has 1 aromatic rings. The molecule has 1 aliphatic rings. The molecule has 2 rings (SSSR count). The molecule has 1 aliphatic heterocycles. The minimum absolute atomic E-state index is 0.0130. The first-order chi connectivity index (χ1) is 9.32. The van der Waals surface area contributed by atoms with Crippen molar-refractivity contribution < 1.29 is 22.8 Å². The van der Waals surface area contributed by atoms with Crippen molar-refractivity contribution in [1.82, 2.24) is 4.90 Å². The Hall–Kier alpha value is -1.56. The Bertz CT molecular complexity index is 510. The van der Waals surface area contributed by atoms with Crippen LogP contribution in [0.25, 0.3) is 0 Å². The highest BCUT2D eigenvalue weighted by Gasteiger charge is 2.39. The van der Waals surface area contributed by atoms with Gasteiger partial charge in [0.25, 0.3) is 11.8 Å². The summed E-state index contributed by atoms with van der Waals surface area (Å²) in [6, 6.07) is 6.31. The number of carbonyl (C=O) groups excluding carboxylic acids is 2. The average Bonchev–Trinajstić information content (AvgIpc) is 2.63. The standard InChI is InChI=1S/C13H11ClF3NO2/c14-10(13(15,16)17)6-3-7-18-11(19)8-4-1-2-5-9(8)12(18)20/h1-2,4-5,10H,3,6-7H2. The molecule has 108 valence electrons. The number of amides is 2. The van der Waals surface area contributed by atoms with Crippen LogP contribution in [0.3, 0.4) is 0 Å². The summed E-state index contributed by atoms with van der Waals surface area (Å²) in [4.78, 5) is 24.8. The number of benzene rings is 1. The smallest absolute Gasteiger partial charge is 0.274 e. The van der Waals surface area contributed by atoms with Crippen LogP contribution in [0.5, 0.6) is 0 Å². The fourth-order valence-corrected chi connectivity index (χ4v) is 2.19. The molecule has 20 heavy (non-hydrogen) atoms. The summed E-state index contributed by atoms with van der Waals surface area (Å²) < 4.78 is 36.7. The Morgan fingerprint density at radius 2 is 1.60 bits per heavy atom. The van der Waals surface area contributed by atoms with Crippen LogP contribution in [-0.4, -0.2) is 34.8 Å². The molecule has 0 bridgehead atoms. The SMILES string of the molecule is O=C1c2ccccc2C(=O)N1CCCC(Cl)C(F)(F)F. The van der Waals surface area contributed by atoms with Gasteiger partial charge in [-0.15, -0.1) is 11.6 Å². The van der Waals surface area contributed by atoms with Gasteiger partial charge in [-0.05, 0) is 25.0 Å². The van der Waals surface area contributed by atoms with Gasteiger partial charge in [-0.25, -0.2) is 0 Å². The van der Waals surface area contributed by atoms with Crippen molar-refractivity contribution in [3.05, 3.63) is 35.4 Å². The third kappa shape index (κ3) is 2.80. The largest absolute Gasteiger partial charge is 0.404 e. The third-order valence-corrected chi connectivity index (χ3v) is 3.54. The van der Waals surface area contributed by atoms with E-state index in [2.05, 4.69) is 0 Å². The summed E-state index contributed by atoms with van der Waals surface area (Å²) in [5.74, 6) is -0.938. The van der Waals surface area contributed by atoms with E-state index in [1.807, 2.05) is 0 Å². The molecule has 1 atom stereocenters. The van der Waals surface area contributed by atoms with Gasteiger partial charge < -0.3 is 0 Å². The van der Waals surface area contributed by atoms with Crippen molar-refractivity contribution >= 4 is 23.4 Å². The van der Waals surface area contributed by atoms with Crippen molar-refractivity contribution in [3.63, 3.8) is 0 Å². The molecule has 1 unspecified atom stereocenters. The van der Waals surface area contributed by atoms with Crippen molar-refractivity contribution in [1.29, 1.82) is 0 Å². The Morgan fingerprint density at radius 3 is 2.05 bits per heavy atom. The van der Waals surface area contributed by atoms with E-state index >= 15 is 0 Å². The van der Waals surface area contributed by atoms with Gasteiger partial charge >= 0.3 is 6.18 Å². The quantitative estimate of drug-likeness (QED) is 0.632. The Labute approximate surface area is 118 Å². The first-order valence-electron chi connectivity index (χ1n) is 5.98. The van der Waals surface area contributed by atoms with Gasteiger partial charge in [-0.3, -0.25) is 14.5 Å². The lowest BCUT2D eigenvalue weighted by Gasteiger charge is -2.16. The zero-order chi connectivity index (χ0) is 14.9. The highest BCUT2D eigenvalue weighted by atomic mass is 35.5. The highest BCUT2D eigenvalue weighted by Crippen LogP contribution is 2.29. The van der Waals surface area contributed by atoms with E-state index < -0.39 is 23.4 Å². The molecule has 0 fully saturated rings. The number of imide groups is 1. The van der Waals surface area contributed by atoms with Crippen molar-refractivity contribution in [2.45, 2.75) is 24.4 Å². The third-order valence-electron chi connectivity index (χ3n) is 3.07. The van der Waals surface area contributed by atoms with Crippen LogP contribution in [0.4, 0.5) is 13.2 Å². The second-order valence-electron chi connectivity index (χ2n) is 4.46. The number of alkyl halides is 4. The van der Waals surface area contributed by atoms with Crippen LogP contribution in [0.15, 0.2) is 24.3 Å². The van der Waals surface area contributed by atoms with Gasteiger partial charge in [-0.2, -0.15) is 13.2 Å². The predicted octanol–water partition coefficient (Wildman–Crippen LogP) is 3.23. The lowest BCUT2D eigenvalue weighted by molar-refractivity contribution is -0.131. The van der Waals surface area contributed by atoms with E-state index in [0.29, 0.717) is 0 Å². The number of fused-ring (bicyclic) bond motifs is 1. The monoisotopic (exact) mass is 305 g/mol. The lowest BCUT2D eigenvalue weighted by atomic mass is 10.1. The van der Waals surface area contributed by atoms with Crippen molar-refractivity contribution in [3.8, 4) is 0 Å². The molecular formula is C13H11ClF3NO2. The Kier molecular flexibility index (Phi) is 4.04. The average molecular weight is 306 g/mol. The van der Waals surface area contributed by atoms with Crippen LogP contribution in [0.2, 0.25) is 0 Å². The van der Waals surface area contributed by atoms with E-state index in [0.717, 1.165) is 4.90 Å². The molecule has 1 aromatic carbocycles. The molecule has 0 aromatic heterocycles. The molecule has 0 saturated heterocycles. The molecular weight excluding hydrogens is 295 g/mol. The number of carbonyl (C=O) groups is 2. The van der Waals surface area contributed by atoms with Gasteiger partial charge in [0, 0.05) is 6.54 Å². The van der Waals surface area contributed by atoms with Gasteiger partial charge in [0.2, 0.25) is 0 Å². The van der Waals surface area contributed by atoms with Gasteiger partial charge in [0.1, 0.15) is 5.38 Å². The van der Waals surface area contributed by atoms with Gasteiger partial charge in [0.05, 0.1) is 11.1 Å². The van der Waals surface area contributed by atoms with Crippen LogP contribution in [0, 0.1) is 0 Å². The number of hydrogen-bond donors (Lipinski definition) is 0. The molecule has 0 radical (unpaired) electrons. The zero-order valence-electron chi connectivity index (χ0n) is 10.3. The Morgan fingerprint density at radius 1 is 1.10 bits per heavy atom. The van der Waals surface area contributed by atoms with E-state index in [-0.39, 0.29) is 30.5 Å². The van der Waals surface area contributed by atoms with E-state index in [1.165, 1.54) is 12.1 Å². The van der Waals surface area contributed by atoms with Crippen molar-refractivity contribution in [2.24, 2.45) is 0 Å². The normalized spacial score (nSPS) is 16.5.